The fourth-order valence-corrected chi connectivity index (χ4v) is 3.73. The van der Waals surface area contributed by atoms with Gasteiger partial charge in [-0.2, -0.15) is 0 Å². The molecular formula is C19H23NO4. The summed E-state index contributed by atoms with van der Waals surface area (Å²) in [4.78, 5) is 25.1. The van der Waals surface area contributed by atoms with E-state index in [1.54, 1.807) is 14.2 Å². The highest BCUT2D eigenvalue weighted by atomic mass is 16.5. The Kier molecular flexibility index (Phi) is 4.11. The molecular weight excluding hydrogens is 306 g/mol. The van der Waals surface area contributed by atoms with E-state index in [0.29, 0.717) is 24.3 Å². The fourth-order valence-electron chi connectivity index (χ4n) is 3.73. The minimum Gasteiger partial charge on any atom is -0.497 e. The van der Waals surface area contributed by atoms with Crippen LogP contribution in [0.2, 0.25) is 0 Å². The van der Waals surface area contributed by atoms with Crippen LogP contribution in [0.4, 0.5) is 0 Å². The van der Waals surface area contributed by atoms with Crippen LogP contribution >= 0.6 is 0 Å². The van der Waals surface area contributed by atoms with Gasteiger partial charge >= 0.3 is 0 Å². The number of rotatable bonds is 3. The summed E-state index contributed by atoms with van der Waals surface area (Å²) in [6, 6.07) is 5.49. The summed E-state index contributed by atoms with van der Waals surface area (Å²) in [7, 11) is 3.19. The summed E-state index contributed by atoms with van der Waals surface area (Å²) in [6.07, 6.45) is 1.43. The standard InChI is InChI=1S/C19H23NO4/c1-19(2)9-14-18(15(21)10-19)13(8-17(22)20-14)12-7-11(23-3)5-6-16(12)24-4/h5-7,13H,8-10H2,1-4H3,(H,20,22). The number of carbonyl (C=O) groups is 2. The Labute approximate surface area is 142 Å². The predicted octanol–water partition coefficient (Wildman–Crippen LogP) is 2.95. The maximum atomic E-state index is 12.8. The van der Waals surface area contributed by atoms with Crippen molar-refractivity contribution in [1.82, 2.24) is 5.32 Å². The molecule has 24 heavy (non-hydrogen) atoms. The molecule has 1 aromatic rings. The summed E-state index contributed by atoms with van der Waals surface area (Å²) in [5.41, 5.74) is 2.18. The van der Waals surface area contributed by atoms with Crippen LogP contribution in [0.25, 0.3) is 0 Å². The van der Waals surface area contributed by atoms with E-state index < -0.39 is 0 Å². The van der Waals surface area contributed by atoms with Crippen molar-refractivity contribution in [3.05, 3.63) is 35.0 Å². The maximum absolute atomic E-state index is 12.8. The van der Waals surface area contributed by atoms with E-state index in [-0.39, 0.29) is 29.4 Å². The first kappa shape index (κ1) is 16.6. The summed E-state index contributed by atoms with van der Waals surface area (Å²) in [6.45, 7) is 4.10. The van der Waals surface area contributed by atoms with Crippen molar-refractivity contribution in [2.75, 3.05) is 14.2 Å². The summed E-state index contributed by atoms with van der Waals surface area (Å²) in [5.74, 6) is 1.11. The van der Waals surface area contributed by atoms with Gasteiger partial charge in [-0.05, 0) is 30.0 Å². The lowest BCUT2D eigenvalue weighted by atomic mass is 9.70. The van der Waals surface area contributed by atoms with E-state index in [0.717, 1.165) is 16.8 Å². The molecule has 128 valence electrons. The van der Waals surface area contributed by atoms with Crippen molar-refractivity contribution in [2.45, 2.75) is 39.0 Å². The highest BCUT2D eigenvalue weighted by molar-refractivity contribution is 6.02. The quantitative estimate of drug-likeness (QED) is 0.926. The lowest BCUT2D eigenvalue weighted by Crippen LogP contribution is -2.40. The molecule has 0 spiro atoms. The number of allylic oxidation sites excluding steroid dienone is 2. The third kappa shape index (κ3) is 2.90. The molecule has 1 amide bonds. The SMILES string of the molecule is COc1ccc(OC)c(C2CC(=O)NC3=C2C(=O)CC(C)(C)C3)c1. The van der Waals surface area contributed by atoms with Crippen LogP contribution in [0.5, 0.6) is 11.5 Å². The van der Waals surface area contributed by atoms with Crippen molar-refractivity contribution in [2.24, 2.45) is 5.41 Å². The molecule has 1 aliphatic carbocycles. The molecule has 2 aliphatic rings. The van der Waals surface area contributed by atoms with Gasteiger partial charge < -0.3 is 14.8 Å². The average Bonchev–Trinajstić information content (AvgIpc) is 2.51. The van der Waals surface area contributed by atoms with Gasteiger partial charge in [0.1, 0.15) is 11.5 Å². The molecule has 1 aliphatic heterocycles. The smallest absolute Gasteiger partial charge is 0.225 e. The fraction of sp³-hybridized carbons (Fsp3) is 0.474. The van der Waals surface area contributed by atoms with Gasteiger partial charge in [0, 0.05) is 35.6 Å². The van der Waals surface area contributed by atoms with Gasteiger partial charge in [-0.15, -0.1) is 0 Å². The lowest BCUT2D eigenvalue weighted by Gasteiger charge is -2.38. The van der Waals surface area contributed by atoms with Crippen molar-refractivity contribution < 1.29 is 19.1 Å². The molecule has 0 aromatic heterocycles. The number of carbonyl (C=O) groups excluding carboxylic acids is 2. The Bertz CT molecular complexity index is 733. The number of hydrogen-bond donors (Lipinski definition) is 1. The topological polar surface area (TPSA) is 64.6 Å². The predicted molar refractivity (Wildman–Crippen MR) is 90.1 cm³/mol. The first-order chi connectivity index (χ1) is 11.3. The van der Waals surface area contributed by atoms with E-state index in [9.17, 15) is 9.59 Å². The molecule has 0 saturated heterocycles. The Morgan fingerprint density at radius 3 is 2.54 bits per heavy atom. The van der Waals surface area contributed by atoms with E-state index in [1.165, 1.54) is 0 Å². The zero-order valence-electron chi connectivity index (χ0n) is 14.6. The first-order valence-corrected chi connectivity index (χ1v) is 8.12. The van der Waals surface area contributed by atoms with Gasteiger partial charge in [-0.3, -0.25) is 9.59 Å². The van der Waals surface area contributed by atoms with Gasteiger partial charge in [0.2, 0.25) is 5.91 Å². The number of nitrogens with one attached hydrogen (secondary N) is 1. The van der Waals surface area contributed by atoms with Crippen LogP contribution in [-0.2, 0) is 9.59 Å². The molecule has 1 heterocycles. The molecule has 0 fully saturated rings. The molecule has 0 bridgehead atoms. The minimum atomic E-state index is -0.289. The molecule has 1 aromatic carbocycles. The van der Waals surface area contributed by atoms with Crippen molar-refractivity contribution in [3.8, 4) is 11.5 Å². The van der Waals surface area contributed by atoms with Crippen molar-refractivity contribution >= 4 is 11.7 Å². The van der Waals surface area contributed by atoms with E-state index in [1.807, 2.05) is 18.2 Å². The molecule has 1 atom stereocenters. The second-order valence-corrected chi connectivity index (χ2v) is 7.25. The highest BCUT2D eigenvalue weighted by Gasteiger charge is 2.41. The Morgan fingerprint density at radius 2 is 1.88 bits per heavy atom. The number of methoxy groups -OCH3 is 2. The van der Waals surface area contributed by atoms with E-state index >= 15 is 0 Å². The highest BCUT2D eigenvalue weighted by Crippen LogP contribution is 2.46. The summed E-state index contributed by atoms with van der Waals surface area (Å²) < 4.78 is 10.8. The molecule has 5 heteroatoms. The molecule has 0 radical (unpaired) electrons. The van der Waals surface area contributed by atoms with Gasteiger partial charge in [0.25, 0.3) is 0 Å². The van der Waals surface area contributed by atoms with Crippen molar-refractivity contribution in [1.29, 1.82) is 0 Å². The third-order valence-electron chi connectivity index (χ3n) is 4.76. The van der Waals surface area contributed by atoms with Gasteiger partial charge in [-0.1, -0.05) is 13.8 Å². The normalized spacial score (nSPS) is 22.8. The van der Waals surface area contributed by atoms with E-state index in [2.05, 4.69) is 19.2 Å². The van der Waals surface area contributed by atoms with Crippen LogP contribution in [0, 0.1) is 5.41 Å². The first-order valence-electron chi connectivity index (χ1n) is 8.12. The van der Waals surface area contributed by atoms with Crippen molar-refractivity contribution in [3.63, 3.8) is 0 Å². The summed E-state index contributed by atoms with van der Waals surface area (Å²) in [5, 5.41) is 2.92. The molecule has 0 saturated carbocycles. The zero-order valence-corrected chi connectivity index (χ0v) is 14.6. The Balaban J connectivity index is 2.13. The number of amides is 1. The Hall–Kier alpha value is -2.30. The minimum absolute atomic E-state index is 0.0610. The molecule has 1 N–H and O–H groups in total. The number of hydrogen-bond acceptors (Lipinski definition) is 4. The van der Waals surface area contributed by atoms with Crippen LogP contribution in [-0.4, -0.2) is 25.9 Å². The van der Waals surface area contributed by atoms with Gasteiger partial charge in [0.15, 0.2) is 5.78 Å². The third-order valence-corrected chi connectivity index (χ3v) is 4.76. The largest absolute Gasteiger partial charge is 0.497 e. The monoisotopic (exact) mass is 329 g/mol. The zero-order chi connectivity index (χ0) is 17.5. The lowest BCUT2D eigenvalue weighted by molar-refractivity contribution is -0.122. The van der Waals surface area contributed by atoms with Gasteiger partial charge in [-0.25, -0.2) is 0 Å². The average molecular weight is 329 g/mol. The maximum Gasteiger partial charge on any atom is 0.225 e. The number of benzene rings is 1. The number of ketones is 1. The summed E-state index contributed by atoms with van der Waals surface area (Å²) >= 11 is 0. The van der Waals surface area contributed by atoms with Gasteiger partial charge in [0.05, 0.1) is 14.2 Å². The molecule has 3 rings (SSSR count). The molecule has 1 unspecified atom stereocenters. The van der Waals surface area contributed by atoms with Crippen LogP contribution in [0.1, 0.15) is 44.6 Å². The van der Waals surface area contributed by atoms with Crippen LogP contribution in [0.15, 0.2) is 29.5 Å². The van der Waals surface area contributed by atoms with Crippen LogP contribution < -0.4 is 14.8 Å². The van der Waals surface area contributed by atoms with E-state index in [4.69, 9.17) is 9.47 Å². The molecule has 5 nitrogen and oxygen atoms in total. The second kappa shape index (κ2) is 5.96. The number of ether oxygens (including phenoxy) is 2. The Morgan fingerprint density at radius 1 is 1.12 bits per heavy atom. The number of Topliss-reactive ketones (excluding diaryl/α,β-unsaturated/α-hetero) is 1. The second-order valence-electron chi connectivity index (χ2n) is 7.25. The van der Waals surface area contributed by atoms with Crippen LogP contribution in [0.3, 0.4) is 0 Å².